The van der Waals surface area contributed by atoms with Crippen LogP contribution in [0.1, 0.15) is 40.2 Å². The summed E-state index contributed by atoms with van der Waals surface area (Å²) in [6.45, 7) is 10.4. The van der Waals surface area contributed by atoms with Crippen LogP contribution in [-0.4, -0.2) is 37.2 Å². The highest BCUT2D eigenvalue weighted by Crippen LogP contribution is 2.17. The molecule has 0 bridgehead atoms. The summed E-state index contributed by atoms with van der Waals surface area (Å²) in [5.74, 6) is 1.97. The number of methoxy groups -OCH3 is 1. The Kier molecular flexibility index (Phi) is 8.73. The van der Waals surface area contributed by atoms with Gasteiger partial charge in [0.15, 0.2) is 5.96 Å². The van der Waals surface area contributed by atoms with Gasteiger partial charge in [-0.2, -0.15) is 0 Å². The maximum atomic E-state index is 12.2. The first-order chi connectivity index (χ1) is 14.6. The lowest BCUT2D eigenvalue weighted by atomic mass is 10.1. The number of carbonyl (C=O) groups excluding carboxylic acids is 1. The number of rotatable bonds is 8. The Hall–Kier alpha value is -3.22. The lowest BCUT2D eigenvalue weighted by Gasteiger charge is -2.21. The van der Waals surface area contributed by atoms with Crippen LogP contribution in [0.15, 0.2) is 53.5 Å². The van der Waals surface area contributed by atoms with Gasteiger partial charge in [-0.25, -0.2) is 4.99 Å². The summed E-state index contributed by atoms with van der Waals surface area (Å²) < 4.78 is 11.0. The fourth-order valence-electron chi connectivity index (χ4n) is 2.73. The van der Waals surface area contributed by atoms with E-state index in [0.717, 1.165) is 22.7 Å². The standard InChI is InChI=1S/C24H34N4O3/c1-17(2)31-20-12-10-19(11-13-20)27-23(26-16-22(29)28-24(3,4)5)25-15-18-8-7-9-21(14-18)30-6/h7-14,17H,15-16H2,1-6H3,(H,28,29)(H2,25,26,27). The van der Waals surface area contributed by atoms with Crippen molar-refractivity contribution in [1.29, 1.82) is 0 Å². The summed E-state index contributed by atoms with van der Waals surface area (Å²) >= 11 is 0. The highest BCUT2D eigenvalue weighted by Gasteiger charge is 2.14. The summed E-state index contributed by atoms with van der Waals surface area (Å²) in [7, 11) is 1.64. The Morgan fingerprint density at radius 3 is 2.39 bits per heavy atom. The van der Waals surface area contributed by atoms with E-state index in [2.05, 4.69) is 20.9 Å². The van der Waals surface area contributed by atoms with Crippen LogP contribution in [-0.2, 0) is 11.3 Å². The molecule has 0 radical (unpaired) electrons. The minimum atomic E-state index is -0.295. The van der Waals surface area contributed by atoms with Gasteiger partial charge in [-0.05, 0) is 76.6 Å². The normalized spacial score (nSPS) is 11.8. The fraction of sp³-hybridized carbons (Fsp3) is 0.417. The molecule has 0 unspecified atom stereocenters. The van der Waals surface area contributed by atoms with Crippen molar-refractivity contribution in [2.24, 2.45) is 4.99 Å². The molecule has 1 amide bonds. The van der Waals surface area contributed by atoms with E-state index in [9.17, 15) is 4.79 Å². The second-order valence-corrected chi connectivity index (χ2v) is 8.48. The molecule has 0 aromatic heterocycles. The molecule has 2 aromatic rings. The van der Waals surface area contributed by atoms with Gasteiger partial charge in [0, 0.05) is 11.2 Å². The SMILES string of the molecule is COc1cccc(CN=C(NCC(=O)NC(C)(C)C)Nc2ccc(OC(C)C)cc2)c1. The van der Waals surface area contributed by atoms with Gasteiger partial charge < -0.3 is 25.4 Å². The number of nitrogens with zero attached hydrogens (tertiary/aromatic N) is 1. The van der Waals surface area contributed by atoms with E-state index >= 15 is 0 Å². The molecular formula is C24H34N4O3. The van der Waals surface area contributed by atoms with E-state index < -0.39 is 0 Å². The summed E-state index contributed by atoms with van der Waals surface area (Å²) in [6, 6.07) is 15.4. The van der Waals surface area contributed by atoms with Gasteiger partial charge in [-0.1, -0.05) is 12.1 Å². The predicted molar refractivity (Wildman–Crippen MR) is 126 cm³/mol. The van der Waals surface area contributed by atoms with Crippen LogP contribution in [0.5, 0.6) is 11.5 Å². The Labute approximate surface area is 185 Å². The average Bonchev–Trinajstić information content (AvgIpc) is 2.70. The second-order valence-electron chi connectivity index (χ2n) is 8.48. The van der Waals surface area contributed by atoms with E-state index in [1.807, 2.05) is 83.1 Å². The largest absolute Gasteiger partial charge is 0.497 e. The number of aliphatic imine (C=N–C) groups is 1. The van der Waals surface area contributed by atoms with Gasteiger partial charge in [0.25, 0.3) is 0 Å². The zero-order chi connectivity index (χ0) is 22.9. The lowest BCUT2D eigenvalue weighted by Crippen LogP contribution is -2.46. The number of amides is 1. The highest BCUT2D eigenvalue weighted by molar-refractivity contribution is 5.96. The quantitative estimate of drug-likeness (QED) is 0.440. The molecule has 2 aromatic carbocycles. The van der Waals surface area contributed by atoms with Crippen LogP contribution in [0.2, 0.25) is 0 Å². The Morgan fingerprint density at radius 1 is 1.06 bits per heavy atom. The number of carbonyl (C=O) groups is 1. The van der Waals surface area contributed by atoms with Crippen LogP contribution in [0.3, 0.4) is 0 Å². The van der Waals surface area contributed by atoms with Crippen molar-refractivity contribution < 1.29 is 14.3 Å². The van der Waals surface area contributed by atoms with Crippen LogP contribution >= 0.6 is 0 Å². The smallest absolute Gasteiger partial charge is 0.239 e. The lowest BCUT2D eigenvalue weighted by molar-refractivity contribution is -0.121. The predicted octanol–water partition coefficient (Wildman–Crippen LogP) is 3.95. The van der Waals surface area contributed by atoms with Gasteiger partial charge in [0.1, 0.15) is 11.5 Å². The first-order valence-corrected chi connectivity index (χ1v) is 10.4. The van der Waals surface area contributed by atoms with E-state index in [4.69, 9.17) is 9.47 Å². The Bertz CT molecular complexity index is 871. The van der Waals surface area contributed by atoms with Gasteiger partial charge in [0.05, 0.1) is 26.3 Å². The average molecular weight is 427 g/mol. The third-order valence-electron chi connectivity index (χ3n) is 3.97. The van der Waals surface area contributed by atoms with Gasteiger partial charge in [-0.15, -0.1) is 0 Å². The minimum absolute atomic E-state index is 0.107. The second kappa shape index (κ2) is 11.2. The molecule has 0 aliphatic carbocycles. The number of guanidine groups is 1. The third kappa shape index (κ3) is 9.42. The zero-order valence-electron chi connectivity index (χ0n) is 19.3. The molecule has 3 N–H and O–H groups in total. The van der Waals surface area contributed by atoms with Crippen LogP contribution < -0.4 is 25.4 Å². The molecule has 0 fully saturated rings. The van der Waals surface area contributed by atoms with E-state index in [1.165, 1.54) is 0 Å². The first-order valence-electron chi connectivity index (χ1n) is 10.4. The minimum Gasteiger partial charge on any atom is -0.497 e. The first kappa shape index (κ1) is 24.1. The Morgan fingerprint density at radius 2 is 1.77 bits per heavy atom. The number of nitrogens with one attached hydrogen (secondary N) is 3. The van der Waals surface area contributed by atoms with Crippen LogP contribution in [0, 0.1) is 0 Å². The highest BCUT2D eigenvalue weighted by atomic mass is 16.5. The maximum Gasteiger partial charge on any atom is 0.239 e. The molecule has 0 heterocycles. The number of hydrogen-bond donors (Lipinski definition) is 3. The van der Waals surface area contributed by atoms with E-state index in [-0.39, 0.29) is 24.1 Å². The molecule has 0 saturated heterocycles. The molecule has 31 heavy (non-hydrogen) atoms. The van der Waals surface area contributed by atoms with E-state index in [1.54, 1.807) is 7.11 Å². The molecule has 7 heteroatoms. The van der Waals surface area contributed by atoms with Crippen molar-refractivity contribution >= 4 is 17.6 Å². The maximum absolute atomic E-state index is 12.2. The van der Waals surface area contributed by atoms with Gasteiger partial charge in [0.2, 0.25) is 5.91 Å². The zero-order valence-corrected chi connectivity index (χ0v) is 19.3. The van der Waals surface area contributed by atoms with Crippen molar-refractivity contribution in [3.8, 4) is 11.5 Å². The number of ether oxygens (including phenoxy) is 2. The number of hydrogen-bond acceptors (Lipinski definition) is 4. The monoisotopic (exact) mass is 426 g/mol. The molecule has 0 spiro atoms. The molecule has 0 atom stereocenters. The molecule has 2 rings (SSSR count). The topological polar surface area (TPSA) is 84.0 Å². The van der Waals surface area contributed by atoms with Crippen LogP contribution in [0.25, 0.3) is 0 Å². The molecule has 0 aliphatic rings. The molecular weight excluding hydrogens is 392 g/mol. The fourth-order valence-corrected chi connectivity index (χ4v) is 2.73. The number of anilines is 1. The summed E-state index contributed by atoms with van der Waals surface area (Å²) in [5, 5.41) is 9.28. The summed E-state index contributed by atoms with van der Waals surface area (Å²) in [6.07, 6.45) is 0.113. The van der Waals surface area contributed by atoms with Crippen molar-refractivity contribution in [2.45, 2.75) is 52.8 Å². The summed E-state index contributed by atoms with van der Waals surface area (Å²) in [5.41, 5.74) is 1.54. The van der Waals surface area contributed by atoms with Gasteiger partial charge in [-0.3, -0.25) is 4.79 Å². The number of benzene rings is 2. The molecule has 0 aliphatic heterocycles. The van der Waals surface area contributed by atoms with Crippen molar-refractivity contribution in [3.05, 3.63) is 54.1 Å². The summed E-state index contributed by atoms with van der Waals surface area (Å²) in [4.78, 5) is 16.9. The van der Waals surface area contributed by atoms with Crippen molar-refractivity contribution in [2.75, 3.05) is 19.0 Å². The molecule has 168 valence electrons. The van der Waals surface area contributed by atoms with Gasteiger partial charge >= 0.3 is 0 Å². The van der Waals surface area contributed by atoms with Crippen molar-refractivity contribution in [1.82, 2.24) is 10.6 Å². The third-order valence-corrected chi connectivity index (χ3v) is 3.97. The van der Waals surface area contributed by atoms with Crippen molar-refractivity contribution in [3.63, 3.8) is 0 Å². The van der Waals surface area contributed by atoms with E-state index in [0.29, 0.717) is 12.5 Å². The molecule has 7 nitrogen and oxygen atoms in total. The Balaban J connectivity index is 2.11. The molecule has 0 saturated carbocycles. The van der Waals surface area contributed by atoms with Crippen LogP contribution in [0.4, 0.5) is 5.69 Å².